The van der Waals surface area contributed by atoms with E-state index in [-0.39, 0.29) is 11.4 Å². The van der Waals surface area contributed by atoms with Crippen molar-refractivity contribution in [1.82, 2.24) is 10.2 Å². The molecule has 3 rings (SSSR count). The van der Waals surface area contributed by atoms with Gasteiger partial charge >= 0.3 is 11.9 Å². The summed E-state index contributed by atoms with van der Waals surface area (Å²) in [5.74, 6) is -1.91. The average Bonchev–Trinajstić information content (AvgIpc) is 2.79. The maximum absolute atomic E-state index is 13.1. The first-order valence-corrected chi connectivity index (χ1v) is 12.9. The molecule has 1 unspecified atom stereocenters. The summed E-state index contributed by atoms with van der Waals surface area (Å²) < 4.78 is 5.16. The van der Waals surface area contributed by atoms with Crippen molar-refractivity contribution in [3.63, 3.8) is 0 Å². The second-order valence-electron chi connectivity index (χ2n) is 8.54. The predicted molar refractivity (Wildman–Crippen MR) is 133 cm³/mol. The highest BCUT2D eigenvalue weighted by Crippen LogP contribution is 2.43. The Morgan fingerprint density at radius 1 is 1.26 bits per heavy atom. The third-order valence-corrected chi connectivity index (χ3v) is 7.20. The minimum absolute atomic E-state index is 0.0336. The number of nitrogens with one attached hydrogen (secondary N) is 1. The number of carbonyl (C=O) groups is 4. The molecule has 0 saturated carbocycles. The third kappa shape index (κ3) is 6.37. The Labute approximate surface area is 211 Å². The topological polar surface area (TPSA) is 135 Å². The van der Waals surface area contributed by atoms with E-state index in [0.29, 0.717) is 22.0 Å². The first-order chi connectivity index (χ1) is 16.5. The minimum atomic E-state index is -1.17. The fraction of sp³-hybridized carbons (Fsp3) is 0.435. The molecule has 0 aliphatic carbocycles. The Bertz CT molecular complexity index is 1070. The highest BCUT2D eigenvalue weighted by Gasteiger charge is 2.54. The molecule has 0 aromatic heterocycles. The summed E-state index contributed by atoms with van der Waals surface area (Å²) >= 11 is 2.77. The molecular weight excluding hydrogens is 494 g/mol. The Morgan fingerprint density at radius 2 is 1.94 bits per heavy atom. The average molecular weight is 522 g/mol. The van der Waals surface area contributed by atoms with Crippen molar-refractivity contribution in [1.29, 1.82) is 0 Å². The van der Waals surface area contributed by atoms with Crippen LogP contribution >= 0.6 is 23.5 Å². The smallest absolute Gasteiger partial charge is 0.353 e. The molecule has 2 aliphatic heterocycles. The number of thioether (sulfide) groups is 2. The minimum Gasteiger partial charge on any atom is -0.477 e. The molecule has 1 aromatic rings. The zero-order valence-corrected chi connectivity index (χ0v) is 21.4. The van der Waals surface area contributed by atoms with E-state index < -0.39 is 47.4 Å². The van der Waals surface area contributed by atoms with Crippen molar-refractivity contribution in [3.05, 3.63) is 46.5 Å². The number of amides is 2. The van der Waals surface area contributed by atoms with Crippen molar-refractivity contribution in [2.45, 2.75) is 44.7 Å². The van der Waals surface area contributed by atoms with Gasteiger partial charge in [-0.05, 0) is 26.5 Å². The number of oxime groups is 1. The summed E-state index contributed by atoms with van der Waals surface area (Å²) in [6, 6.07) is 7.53. The zero-order chi connectivity index (χ0) is 25.8. The molecule has 1 aromatic carbocycles. The quantitative estimate of drug-likeness (QED) is 0.217. The van der Waals surface area contributed by atoms with Crippen LogP contribution in [0.15, 0.2) is 46.1 Å². The van der Waals surface area contributed by atoms with Gasteiger partial charge in [0.15, 0.2) is 5.71 Å². The van der Waals surface area contributed by atoms with E-state index in [2.05, 4.69) is 10.5 Å². The van der Waals surface area contributed by atoms with Gasteiger partial charge in [0.2, 0.25) is 6.61 Å². The summed E-state index contributed by atoms with van der Waals surface area (Å²) in [6.07, 6.45) is 0. The Kier molecular flexibility index (Phi) is 8.49. The molecule has 188 valence electrons. The maximum Gasteiger partial charge on any atom is 0.353 e. The van der Waals surface area contributed by atoms with Crippen LogP contribution in [-0.2, 0) is 28.8 Å². The van der Waals surface area contributed by atoms with Crippen LogP contribution in [0.5, 0.6) is 0 Å². The van der Waals surface area contributed by atoms with E-state index in [1.165, 1.54) is 28.4 Å². The van der Waals surface area contributed by atoms with Crippen molar-refractivity contribution in [2.24, 2.45) is 5.16 Å². The standard InChI is InChI=1S/C23H27N3O7S2/c1-5-34-14-12-35-21-17(20(29)26(21)18(14)22(30)31)24-19(28)16(13-9-7-6-8-10-13)25-32-11-15(27)33-23(2,3)4/h6-10,17,21H,5,11-12H2,1-4H3,(H,24,28)(H,30,31)/t17?,21-/m0/s1. The van der Waals surface area contributed by atoms with Crippen LogP contribution in [0, 0.1) is 0 Å². The van der Waals surface area contributed by atoms with Crippen molar-refractivity contribution >= 4 is 53.0 Å². The molecule has 2 amide bonds. The summed E-state index contributed by atoms with van der Waals surface area (Å²) in [6.45, 7) is 6.56. The van der Waals surface area contributed by atoms with Crippen molar-refractivity contribution in [3.8, 4) is 0 Å². The summed E-state index contributed by atoms with van der Waals surface area (Å²) in [5, 5.41) is 15.6. The molecule has 1 fully saturated rings. The molecule has 12 heteroatoms. The first kappa shape index (κ1) is 26.6. The second kappa shape index (κ2) is 11.2. The van der Waals surface area contributed by atoms with E-state index in [9.17, 15) is 24.3 Å². The van der Waals surface area contributed by atoms with Gasteiger partial charge in [-0.3, -0.25) is 14.5 Å². The number of hydrogen-bond acceptors (Lipinski definition) is 9. The van der Waals surface area contributed by atoms with Crippen LogP contribution in [0.25, 0.3) is 0 Å². The predicted octanol–water partition coefficient (Wildman–Crippen LogP) is 2.20. The van der Waals surface area contributed by atoms with Gasteiger partial charge in [0.1, 0.15) is 22.7 Å². The molecule has 2 N–H and O–H groups in total. The lowest BCUT2D eigenvalue weighted by Gasteiger charge is -2.49. The summed E-state index contributed by atoms with van der Waals surface area (Å²) in [7, 11) is 0. The Hall–Kier alpha value is -2.99. The fourth-order valence-electron chi connectivity index (χ4n) is 3.43. The van der Waals surface area contributed by atoms with Crippen LogP contribution in [-0.4, -0.2) is 74.6 Å². The number of benzene rings is 1. The lowest BCUT2D eigenvalue weighted by molar-refractivity contribution is -0.160. The highest BCUT2D eigenvalue weighted by molar-refractivity contribution is 8.06. The van der Waals surface area contributed by atoms with E-state index in [0.717, 1.165) is 0 Å². The normalized spacial score (nSPS) is 20.1. The number of carbonyl (C=O) groups excluding carboxylic acids is 3. The highest BCUT2D eigenvalue weighted by atomic mass is 32.2. The van der Waals surface area contributed by atoms with E-state index in [1.54, 1.807) is 51.1 Å². The molecule has 0 bridgehead atoms. The zero-order valence-electron chi connectivity index (χ0n) is 19.8. The molecular formula is C23H27N3O7S2. The molecule has 0 radical (unpaired) electrons. The number of fused-ring (bicyclic) bond motifs is 1. The first-order valence-electron chi connectivity index (χ1n) is 10.9. The van der Waals surface area contributed by atoms with Crippen LogP contribution in [0.2, 0.25) is 0 Å². The number of carboxylic acid groups (broad SMARTS) is 1. The Balaban J connectivity index is 1.75. The second-order valence-corrected chi connectivity index (χ2v) is 11.0. The van der Waals surface area contributed by atoms with Crippen molar-refractivity contribution < 1.29 is 33.9 Å². The molecule has 0 spiro atoms. The molecule has 2 atom stereocenters. The maximum atomic E-state index is 13.1. The molecule has 2 aliphatic rings. The molecule has 10 nitrogen and oxygen atoms in total. The van der Waals surface area contributed by atoms with Crippen LogP contribution < -0.4 is 5.32 Å². The van der Waals surface area contributed by atoms with E-state index in [1.807, 2.05) is 6.92 Å². The van der Waals surface area contributed by atoms with E-state index >= 15 is 0 Å². The summed E-state index contributed by atoms with van der Waals surface area (Å²) in [4.78, 5) is 56.6. The number of ether oxygens (including phenoxy) is 1. The lowest BCUT2D eigenvalue weighted by Crippen LogP contribution is -2.71. The summed E-state index contributed by atoms with van der Waals surface area (Å²) in [5.41, 5.74) is -0.440. The van der Waals surface area contributed by atoms with Gasteiger partial charge in [0.05, 0.1) is 0 Å². The van der Waals surface area contributed by atoms with Crippen LogP contribution in [0.1, 0.15) is 33.3 Å². The van der Waals surface area contributed by atoms with Gasteiger partial charge in [-0.1, -0.05) is 42.4 Å². The van der Waals surface area contributed by atoms with Gasteiger partial charge in [-0.25, -0.2) is 9.59 Å². The third-order valence-electron chi connectivity index (χ3n) is 4.76. The Morgan fingerprint density at radius 3 is 2.54 bits per heavy atom. The lowest BCUT2D eigenvalue weighted by atomic mass is 10.0. The van der Waals surface area contributed by atoms with E-state index in [4.69, 9.17) is 9.57 Å². The monoisotopic (exact) mass is 521 g/mol. The number of rotatable bonds is 9. The SMILES string of the molecule is CCSC1=C(C(=O)O)N2C(=O)C(NC(=O)C(=NOCC(=O)OC(C)(C)C)c3ccccc3)[C@@H]2SC1. The molecule has 1 saturated heterocycles. The largest absolute Gasteiger partial charge is 0.477 e. The molecule has 2 heterocycles. The van der Waals surface area contributed by atoms with Gasteiger partial charge in [-0.2, -0.15) is 0 Å². The molecule has 35 heavy (non-hydrogen) atoms. The van der Waals surface area contributed by atoms with Gasteiger partial charge in [0, 0.05) is 16.2 Å². The van der Waals surface area contributed by atoms with Gasteiger partial charge in [0.25, 0.3) is 11.8 Å². The number of nitrogens with zero attached hydrogens (tertiary/aromatic N) is 2. The number of aliphatic carboxylic acids is 1. The number of β-lactam (4-membered cyclic amide) rings is 1. The van der Waals surface area contributed by atoms with Crippen LogP contribution in [0.4, 0.5) is 0 Å². The fourth-order valence-corrected chi connectivity index (χ4v) is 5.83. The number of esters is 1. The number of hydrogen-bond donors (Lipinski definition) is 2. The number of carboxylic acids is 1. The van der Waals surface area contributed by atoms with Crippen LogP contribution in [0.3, 0.4) is 0 Å². The van der Waals surface area contributed by atoms with Gasteiger partial charge < -0.3 is 20.0 Å². The van der Waals surface area contributed by atoms with Gasteiger partial charge in [-0.15, -0.1) is 23.5 Å². The van der Waals surface area contributed by atoms with Crippen molar-refractivity contribution in [2.75, 3.05) is 18.1 Å².